The second-order valence-electron chi connectivity index (χ2n) is 14.8. The Morgan fingerprint density at radius 3 is 2.65 bits per heavy atom. The van der Waals surface area contributed by atoms with E-state index in [2.05, 4.69) is 9.98 Å². The van der Waals surface area contributed by atoms with Crippen molar-refractivity contribution in [2.45, 2.75) is 81.6 Å². The van der Waals surface area contributed by atoms with Crippen molar-refractivity contribution in [3.8, 4) is 5.75 Å². The summed E-state index contributed by atoms with van der Waals surface area (Å²) in [6, 6.07) is 3.25. The van der Waals surface area contributed by atoms with Gasteiger partial charge in [-0.25, -0.2) is 9.78 Å². The number of aliphatic hydroxyl groups is 5. The standard InChI is InChI=1S/C38H44N4O10/c1-21-13-29(44)25-14-23-15-32(52-49-19-31(46)38(48,36(47)30(45)18-43)20-41-12-9-26-28(41)8-11-39-26)37(2,24-5-3-4-6-24)51-34(23)33(35(25)50-21)42-16-22-7-10-40-27(22)17-42/h7-11,13-14,17,24,30-32,36,43,45-48H,3-6,12,15-16,18-20H2,1-2H3. The van der Waals surface area contributed by atoms with Gasteiger partial charge in [0.2, 0.25) is 0 Å². The Bertz CT molecular complexity index is 2010. The summed E-state index contributed by atoms with van der Waals surface area (Å²) in [7, 11) is 0. The van der Waals surface area contributed by atoms with E-state index in [9.17, 15) is 30.3 Å². The summed E-state index contributed by atoms with van der Waals surface area (Å²) < 4.78 is 13.3. The predicted molar refractivity (Wildman–Crippen MR) is 191 cm³/mol. The molecule has 5 aliphatic heterocycles. The summed E-state index contributed by atoms with van der Waals surface area (Å²) in [4.78, 5) is 37.7. The number of β-amino-alcohol motifs (C(OH)–C–C–N with tert-alkyl or cyclic N) is 1. The molecule has 52 heavy (non-hydrogen) atoms. The van der Waals surface area contributed by atoms with Crippen LogP contribution in [0.15, 0.2) is 78.4 Å². The highest BCUT2D eigenvalue weighted by molar-refractivity contribution is 5.96. The summed E-state index contributed by atoms with van der Waals surface area (Å²) in [5, 5.41) is 54.6. The van der Waals surface area contributed by atoms with E-state index < -0.39 is 48.8 Å². The Balaban J connectivity index is 1.09. The van der Waals surface area contributed by atoms with Crippen LogP contribution >= 0.6 is 0 Å². The second kappa shape index (κ2) is 13.4. The maximum absolute atomic E-state index is 13.4. The number of ether oxygens (including phenoxy) is 1. The predicted octanol–water partition coefficient (Wildman–Crippen LogP) is 1.95. The fourth-order valence-electron chi connectivity index (χ4n) is 8.44. The number of aryl methyl sites for hydroxylation is 1. The lowest BCUT2D eigenvalue weighted by Crippen LogP contribution is -2.63. The van der Waals surface area contributed by atoms with Crippen molar-refractivity contribution in [3.05, 3.63) is 80.8 Å². The molecule has 6 atom stereocenters. The quantitative estimate of drug-likeness (QED) is 0.159. The maximum Gasteiger partial charge on any atom is 0.193 e. The van der Waals surface area contributed by atoms with Gasteiger partial charge in [0.15, 0.2) is 16.8 Å². The first kappa shape index (κ1) is 34.9. The molecule has 5 N–H and O–H groups in total. The van der Waals surface area contributed by atoms with Gasteiger partial charge in [0, 0.05) is 54.7 Å². The van der Waals surface area contributed by atoms with Gasteiger partial charge in [0.1, 0.15) is 53.7 Å². The van der Waals surface area contributed by atoms with Crippen LogP contribution in [-0.2, 0) is 16.2 Å². The van der Waals surface area contributed by atoms with E-state index in [1.165, 1.54) is 6.07 Å². The molecule has 1 aromatic carbocycles. The van der Waals surface area contributed by atoms with Gasteiger partial charge < -0.3 is 44.5 Å². The molecule has 8 rings (SSSR count). The molecule has 1 fully saturated rings. The molecule has 276 valence electrons. The number of allylic oxidation sites excluding steroid dienone is 2. The molecule has 0 bridgehead atoms. The van der Waals surface area contributed by atoms with Gasteiger partial charge in [0.05, 0.1) is 42.2 Å². The topological polar surface area (TPSA) is 190 Å². The highest BCUT2D eigenvalue weighted by Gasteiger charge is 2.52. The number of benzene rings is 1. The molecule has 0 saturated heterocycles. The van der Waals surface area contributed by atoms with Crippen molar-refractivity contribution in [2.24, 2.45) is 15.9 Å². The van der Waals surface area contributed by atoms with E-state index in [0.29, 0.717) is 59.1 Å². The van der Waals surface area contributed by atoms with Crippen LogP contribution in [0.5, 0.6) is 5.75 Å². The van der Waals surface area contributed by atoms with Crippen LogP contribution < -0.4 is 15.1 Å². The first-order valence-corrected chi connectivity index (χ1v) is 17.9. The lowest BCUT2D eigenvalue weighted by Gasteiger charge is -2.46. The zero-order valence-electron chi connectivity index (χ0n) is 29.1. The van der Waals surface area contributed by atoms with E-state index in [0.717, 1.165) is 42.5 Å². The minimum Gasteiger partial charge on any atom is -0.482 e. The van der Waals surface area contributed by atoms with Gasteiger partial charge in [-0.2, -0.15) is 0 Å². The molecule has 14 nitrogen and oxygen atoms in total. The largest absolute Gasteiger partial charge is 0.482 e. The van der Waals surface area contributed by atoms with Gasteiger partial charge in [-0.3, -0.25) is 14.8 Å². The maximum atomic E-state index is 13.4. The molecular formula is C38H44N4O10. The minimum absolute atomic E-state index is 0.0908. The third-order valence-corrected chi connectivity index (χ3v) is 11.5. The Labute approximate surface area is 299 Å². The Morgan fingerprint density at radius 2 is 1.88 bits per heavy atom. The number of aliphatic hydroxyl groups excluding tert-OH is 4. The molecule has 0 spiro atoms. The summed E-state index contributed by atoms with van der Waals surface area (Å²) in [5.41, 5.74) is 1.67. The minimum atomic E-state index is -2.34. The van der Waals surface area contributed by atoms with Crippen molar-refractivity contribution >= 4 is 29.1 Å². The number of hydrogen-bond acceptors (Lipinski definition) is 14. The normalized spacial score (nSPS) is 26.4. The number of hydrogen-bond donors (Lipinski definition) is 5. The van der Waals surface area contributed by atoms with Crippen molar-refractivity contribution in [1.29, 1.82) is 0 Å². The van der Waals surface area contributed by atoms with E-state index in [4.69, 9.17) is 18.9 Å². The molecule has 6 heterocycles. The average Bonchev–Trinajstić information content (AvgIpc) is 3.96. The summed E-state index contributed by atoms with van der Waals surface area (Å²) in [6.07, 6.45) is 8.91. The molecule has 1 saturated carbocycles. The van der Waals surface area contributed by atoms with Crippen molar-refractivity contribution in [2.75, 3.05) is 37.7 Å². The van der Waals surface area contributed by atoms with E-state index >= 15 is 0 Å². The number of anilines is 1. The van der Waals surface area contributed by atoms with Crippen LogP contribution in [0.2, 0.25) is 0 Å². The molecular weight excluding hydrogens is 672 g/mol. The number of nitrogens with zero attached hydrogens (tertiary/aromatic N) is 4. The molecule has 0 amide bonds. The fourth-order valence-corrected chi connectivity index (χ4v) is 8.44. The molecule has 2 aromatic rings. The molecule has 1 aliphatic carbocycles. The Kier molecular flexibility index (Phi) is 8.97. The van der Waals surface area contributed by atoms with Crippen LogP contribution in [0, 0.1) is 12.8 Å². The smallest absolute Gasteiger partial charge is 0.193 e. The van der Waals surface area contributed by atoms with E-state index in [1.807, 2.05) is 30.2 Å². The van der Waals surface area contributed by atoms with Crippen LogP contribution in [0.25, 0.3) is 11.0 Å². The van der Waals surface area contributed by atoms with Gasteiger partial charge in [-0.1, -0.05) is 12.8 Å². The van der Waals surface area contributed by atoms with Gasteiger partial charge in [0.25, 0.3) is 0 Å². The van der Waals surface area contributed by atoms with Crippen LogP contribution in [-0.4, -0.2) is 111 Å². The SMILES string of the molecule is Cc1cc(=O)c2cc3c(c(N4C=C5N=CC=C5C4)c2o1)OC(C)(C1CCCC1)C(OOCC(O)C(O)(CN1CC=C2N=CC=C21)C(O)C(O)CO)C3. The zero-order chi connectivity index (χ0) is 36.4. The zero-order valence-corrected chi connectivity index (χ0v) is 29.1. The Morgan fingerprint density at radius 1 is 1.12 bits per heavy atom. The lowest BCUT2D eigenvalue weighted by molar-refractivity contribution is -0.368. The molecule has 6 aliphatic rings. The van der Waals surface area contributed by atoms with Crippen LogP contribution in [0.1, 0.15) is 43.9 Å². The van der Waals surface area contributed by atoms with Crippen molar-refractivity contribution in [1.82, 2.24) is 4.90 Å². The van der Waals surface area contributed by atoms with E-state index in [-0.39, 0.29) is 17.9 Å². The highest BCUT2D eigenvalue weighted by Crippen LogP contribution is 2.51. The lowest BCUT2D eigenvalue weighted by atomic mass is 9.78. The number of fused-ring (bicyclic) bond motifs is 4. The summed E-state index contributed by atoms with van der Waals surface area (Å²) >= 11 is 0. The molecule has 1 aromatic heterocycles. The first-order chi connectivity index (χ1) is 25.0. The molecule has 14 heteroatoms. The van der Waals surface area contributed by atoms with Crippen molar-refractivity contribution in [3.63, 3.8) is 0 Å². The van der Waals surface area contributed by atoms with Crippen LogP contribution in [0.4, 0.5) is 5.69 Å². The van der Waals surface area contributed by atoms with Gasteiger partial charge in [-0.15, -0.1) is 0 Å². The van der Waals surface area contributed by atoms with Gasteiger partial charge in [-0.05, 0) is 51.0 Å². The third-order valence-electron chi connectivity index (χ3n) is 11.5. The molecule has 0 radical (unpaired) electrons. The molecule has 6 unspecified atom stereocenters. The second-order valence-corrected chi connectivity index (χ2v) is 14.8. The Hall–Kier alpha value is -4.15. The average molecular weight is 717 g/mol. The third kappa shape index (κ3) is 5.82. The van der Waals surface area contributed by atoms with E-state index in [1.54, 1.807) is 36.4 Å². The first-order valence-electron chi connectivity index (χ1n) is 17.9. The summed E-state index contributed by atoms with van der Waals surface area (Å²) in [6.45, 7) is 2.92. The fraction of sp³-hybridized carbons (Fsp3) is 0.500. The summed E-state index contributed by atoms with van der Waals surface area (Å²) in [5.74, 6) is 1.17. The monoisotopic (exact) mass is 716 g/mol. The highest BCUT2D eigenvalue weighted by atomic mass is 17.2. The number of aliphatic imine (C=N–C) groups is 2. The van der Waals surface area contributed by atoms with Crippen LogP contribution in [0.3, 0.4) is 0 Å². The van der Waals surface area contributed by atoms with Gasteiger partial charge >= 0.3 is 0 Å². The number of rotatable bonds is 12. The van der Waals surface area contributed by atoms with Crippen molar-refractivity contribution < 1.29 is 44.5 Å².